The highest BCUT2D eigenvalue weighted by atomic mass is 28.4. The van der Waals surface area contributed by atoms with E-state index in [0.29, 0.717) is 6.42 Å². The van der Waals surface area contributed by atoms with Gasteiger partial charge < -0.3 is 14.6 Å². The molecule has 0 aromatic heterocycles. The van der Waals surface area contributed by atoms with Crippen LogP contribution in [0.2, 0.25) is 18.1 Å². The molecule has 0 saturated heterocycles. The largest absolute Gasteiger partial charge is 0.517 e. The second-order valence-corrected chi connectivity index (χ2v) is 10.1. The van der Waals surface area contributed by atoms with E-state index in [1.807, 2.05) is 20.0 Å². The maximum absolute atomic E-state index is 9.59. The number of rotatable bonds is 4. The third kappa shape index (κ3) is 4.16. The number of hydrogen-bond acceptors (Lipinski definition) is 3. The molecule has 0 aliphatic rings. The summed E-state index contributed by atoms with van der Waals surface area (Å²) in [6.07, 6.45) is 1.25. The molecule has 4 heteroatoms. The van der Waals surface area contributed by atoms with Gasteiger partial charge in [0, 0.05) is 6.42 Å². The zero-order valence-electron chi connectivity index (χ0n) is 10.7. The monoisotopic (exact) mass is 232 g/mol. The van der Waals surface area contributed by atoms with E-state index >= 15 is 0 Å². The fourth-order valence-electron chi connectivity index (χ4n) is 0.797. The van der Waals surface area contributed by atoms with E-state index in [4.69, 9.17) is 4.43 Å². The Hall–Kier alpha value is -0.643. The van der Waals surface area contributed by atoms with Crippen LogP contribution in [0.25, 0.3) is 0 Å². The second-order valence-electron chi connectivity index (χ2n) is 5.36. The van der Waals surface area contributed by atoms with Crippen LogP contribution in [0.4, 0.5) is 0 Å². The molecule has 0 aliphatic heterocycles. The van der Waals surface area contributed by atoms with Gasteiger partial charge in [-0.1, -0.05) is 27.7 Å². The molecule has 0 aromatic rings. The smallest absolute Gasteiger partial charge is 0.302 e. The lowest BCUT2D eigenvalue weighted by Crippen LogP contribution is -2.40. The molecule has 0 aliphatic carbocycles. The van der Waals surface area contributed by atoms with Gasteiger partial charge in [0.25, 0.3) is 8.32 Å². The van der Waals surface area contributed by atoms with Gasteiger partial charge in [-0.05, 0) is 24.6 Å². The van der Waals surface area contributed by atoms with Gasteiger partial charge in [0.15, 0.2) is 5.76 Å². The van der Waals surface area contributed by atoms with E-state index in [1.54, 1.807) is 0 Å². The molecule has 2 N–H and O–H groups in total. The maximum atomic E-state index is 9.59. The van der Waals surface area contributed by atoms with Crippen LogP contribution in [-0.4, -0.2) is 18.5 Å². The summed E-state index contributed by atoms with van der Waals surface area (Å²) in [5, 5.41) is 19.1. The first-order chi connectivity index (χ1) is 6.62. The summed E-state index contributed by atoms with van der Waals surface area (Å²) in [5.74, 6) is -0.328. The van der Waals surface area contributed by atoms with Crippen molar-refractivity contribution in [2.24, 2.45) is 0 Å². The van der Waals surface area contributed by atoms with Gasteiger partial charge in [-0.25, -0.2) is 0 Å². The zero-order chi connectivity index (χ0) is 12.3. The fourth-order valence-corrected chi connectivity index (χ4v) is 1.70. The fraction of sp³-hybridized carbons (Fsp3) is 0.818. The van der Waals surface area contributed by atoms with Crippen LogP contribution in [0.3, 0.4) is 0 Å². The van der Waals surface area contributed by atoms with E-state index in [9.17, 15) is 10.2 Å². The predicted octanol–water partition coefficient (Wildman–Crippen LogP) is 4.09. The Balaban J connectivity index is 4.67. The molecule has 0 radical (unpaired) electrons. The number of aliphatic hydroxyl groups excluding tert-OH is 2. The Morgan fingerprint density at radius 3 is 2.00 bits per heavy atom. The van der Waals surface area contributed by atoms with Crippen LogP contribution in [0, 0.1) is 0 Å². The van der Waals surface area contributed by atoms with E-state index in [1.165, 1.54) is 0 Å². The first kappa shape index (κ1) is 14.4. The average molecular weight is 232 g/mol. The second kappa shape index (κ2) is 4.92. The summed E-state index contributed by atoms with van der Waals surface area (Å²) in [4.78, 5) is 0. The van der Waals surface area contributed by atoms with Crippen molar-refractivity contribution in [3.8, 4) is 0 Å². The van der Waals surface area contributed by atoms with Crippen molar-refractivity contribution in [2.45, 2.75) is 58.7 Å². The van der Waals surface area contributed by atoms with Crippen molar-refractivity contribution in [3.05, 3.63) is 11.7 Å². The van der Waals surface area contributed by atoms with Crippen LogP contribution in [0.1, 0.15) is 40.5 Å². The Labute approximate surface area is 93.9 Å². The normalized spacial score (nSPS) is 14.8. The highest BCUT2D eigenvalue weighted by molar-refractivity contribution is 6.74. The SMILES string of the molecule is CCCC(O)=C(O)O[Si](C)(C)C(C)(C)C. The van der Waals surface area contributed by atoms with Crippen LogP contribution in [0.15, 0.2) is 11.7 Å². The summed E-state index contributed by atoms with van der Waals surface area (Å²) in [6, 6.07) is 0. The first-order valence-corrected chi connectivity index (χ1v) is 8.32. The minimum atomic E-state index is -2.03. The van der Waals surface area contributed by atoms with E-state index in [0.717, 1.165) is 6.42 Å². The number of hydrogen-bond donors (Lipinski definition) is 2. The van der Waals surface area contributed by atoms with Gasteiger partial charge in [-0.15, -0.1) is 0 Å². The summed E-state index contributed by atoms with van der Waals surface area (Å²) in [7, 11) is -2.03. The Kier molecular flexibility index (Phi) is 4.71. The van der Waals surface area contributed by atoms with E-state index < -0.39 is 8.32 Å². The van der Waals surface area contributed by atoms with Crippen molar-refractivity contribution in [2.75, 3.05) is 0 Å². The molecule has 3 nitrogen and oxygen atoms in total. The van der Waals surface area contributed by atoms with Gasteiger partial charge in [-0.3, -0.25) is 0 Å². The molecular weight excluding hydrogens is 208 g/mol. The summed E-state index contributed by atoms with van der Waals surface area (Å²) in [5.41, 5.74) is 0. The lowest BCUT2D eigenvalue weighted by atomic mass is 10.2. The van der Waals surface area contributed by atoms with Gasteiger partial charge in [0.1, 0.15) is 0 Å². The van der Waals surface area contributed by atoms with E-state index in [2.05, 4.69) is 20.8 Å². The third-order valence-corrected chi connectivity index (χ3v) is 7.21. The molecular formula is C11H24O3Si. The lowest BCUT2D eigenvalue weighted by molar-refractivity contribution is 0.158. The van der Waals surface area contributed by atoms with Gasteiger partial charge in [0.2, 0.25) is 0 Å². The lowest BCUT2D eigenvalue weighted by Gasteiger charge is -2.35. The van der Waals surface area contributed by atoms with Crippen molar-refractivity contribution in [1.82, 2.24) is 0 Å². The Morgan fingerprint density at radius 2 is 1.67 bits per heavy atom. The predicted molar refractivity (Wildman–Crippen MR) is 65.5 cm³/mol. The topological polar surface area (TPSA) is 49.7 Å². The van der Waals surface area contributed by atoms with Crippen LogP contribution >= 0.6 is 0 Å². The van der Waals surface area contributed by atoms with Crippen molar-refractivity contribution >= 4 is 8.32 Å². The van der Waals surface area contributed by atoms with Crippen molar-refractivity contribution in [1.29, 1.82) is 0 Å². The average Bonchev–Trinajstić information content (AvgIpc) is 2.01. The standard InChI is InChI=1S/C11H24O3Si/c1-7-8-9(12)10(13)14-15(5,6)11(2,3)4/h12-13H,7-8H2,1-6H3. The van der Waals surface area contributed by atoms with Crippen molar-refractivity contribution < 1.29 is 14.6 Å². The Bertz CT molecular complexity index is 239. The van der Waals surface area contributed by atoms with Crippen LogP contribution < -0.4 is 0 Å². The molecule has 0 unspecified atom stereocenters. The molecule has 0 atom stereocenters. The molecule has 0 rings (SSSR count). The van der Waals surface area contributed by atoms with Gasteiger partial charge in [0.05, 0.1) is 0 Å². The molecule has 15 heavy (non-hydrogen) atoms. The maximum Gasteiger partial charge on any atom is 0.302 e. The zero-order valence-corrected chi connectivity index (χ0v) is 11.7. The minimum absolute atomic E-state index is 0.0213. The quantitative estimate of drug-likeness (QED) is 0.567. The first-order valence-electron chi connectivity index (χ1n) is 5.42. The third-order valence-electron chi connectivity index (χ3n) is 2.89. The molecule has 0 amide bonds. The molecule has 0 fully saturated rings. The highest BCUT2D eigenvalue weighted by Crippen LogP contribution is 2.37. The van der Waals surface area contributed by atoms with Crippen LogP contribution in [-0.2, 0) is 4.43 Å². The van der Waals surface area contributed by atoms with Crippen LogP contribution in [0.5, 0.6) is 0 Å². The molecule has 0 aromatic carbocycles. The van der Waals surface area contributed by atoms with E-state index in [-0.39, 0.29) is 16.7 Å². The molecule has 0 heterocycles. The number of aliphatic hydroxyl groups is 2. The summed E-state index contributed by atoms with van der Waals surface area (Å²) >= 11 is 0. The highest BCUT2D eigenvalue weighted by Gasteiger charge is 2.40. The molecule has 0 saturated carbocycles. The van der Waals surface area contributed by atoms with Gasteiger partial charge in [-0.2, -0.15) is 0 Å². The summed E-state index contributed by atoms with van der Waals surface area (Å²) in [6.45, 7) is 12.3. The Morgan fingerprint density at radius 1 is 1.20 bits per heavy atom. The van der Waals surface area contributed by atoms with Gasteiger partial charge >= 0.3 is 5.95 Å². The molecule has 0 bridgehead atoms. The van der Waals surface area contributed by atoms with Crippen molar-refractivity contribution in [3.63, 3.8) is 0 Å². The molecule has 0 spiro atoms. The molecule has 90 valence electrons. The summed E-state index contributed by atoms with van der Waals surface area (Å²) < 4.78 is 5.54. The number of allylic oxidation sites excluding steroid dienone is 1. The minimum Gasteiger partial charge on any atom is -0.517 e.